The molecule has 1 N–H and O–H groups in total. The molecular formula is C29H24N2O6S. The number of rotatable bonds is 9. The van der Waals surface area contributed by atoms with Crippen molar-refractivity contribution in [3.05, 3.63) is 103 Å². The first kappa shape index (κ1) is 25.0. The van der Waals surface area contributed by atoms with Gasteiger partial charge in [0.25, 0.3) is 10.0 Å². The summed E-state index contributed by atoms with van der Waals surface area (Å²) in [5.41, 5.74) is 2.84. The minimum atomic E-state index is -3.97. The Kier molecular flexibility index (Phi) is 6.85. The number of ether oxygens (including phenoxy) is 2. The Bertz CT molecular complexity index is 1690. The Morgan fingerprint density at radius 3 is 2.24 bits per heavy atom. The average molecular weight is 529 g/mol. The third-order valence-electron chi connectivity index (χ3n) is 6.13. The number of aryl methyl sites for hydroxylation is 1. The summed E-state index contributed by atoms with van der Waals surface area (Å²) in [7, 11) is -2.39. The molecule has 0 atom stereocenters. The van der Waals surface area contributed by atoms with Gasteiger partial charge in [0.05, 0.1) is 17.5 Å². The number of fused-ring (bicyclic) bond motifs is 1. The van der Waals surface area contributed by atoms with Gasteiger partial charge in [0.2, 0.25) is 0 Å². The summed E-state index contributed by atoms with van der Waals surface area (Å²) >= 11 is 0. The molecule has 0 aliphatic rings. The summed E-state index contributed by atoms with van der Waals surface area (Å²) in [4.78, 5) is 15.5. The summed E-state index contributed by atoms with van der Waals surface area (Å²) in [6, 6.07) is 22.4. The van der Waals surface area contributed by atoms with Crippen LogP contribution in [-0.4, -0.2) is 35.6 Å². The van der Waals surface area contributed by atoms with Crippen LogP contribution in [0, 0.1) is 0 Å². The molecule has 0 aliphatic carbocycles. The lowest BCUT2D eigenvalue weighted by molar-refractivity contribution is -0.136. The lowest BCUT2D eigenvalue weighted by Gasteiger charge is -2.10. The zero-order chi connectivity index (χ0) is 26.7. The van der Waals surface area contributed by atoms with E-state index in [1.807, 2.05) is 24.3 Å². The fourth-order valence-corrected chi connectivity index (χ4v) is 5.58. The van der Waals surface area contributed by atoms with Crippen molar-refractivity contribution in [3.63, 3.8) is 0 Å². The second-order valence-electron chi connectivity index (χ2n) is 8.57. The second kappa shape index (κ2) is 10.4. The molecule has 0 fully saturated rings. The minimum absolute atomic E-state index is 0.0811. The van der Waals surface area contributed by atoms with Gasteiger partial charge in [-0.3, -0.25) is 9.78 Å². The van der Waals surface area contributed by atoms with Gasteiger partial charge in [0.1, 0.15) is 17.2 Å². The van der Waals surface area contributed by atoms with E-state index in [1.165, 1.54) is 22.3 Å². The second-order valence-corrected chi connectivity index (χ2v) is 10.4. The van der Waals surface area contributed by atoms with Crippen molar-refractivity contribution in [2.75, 3.05) is 7.11 Å². The lowest BCUT2D eigenvalue weighted by atomic mass is 10.0. The average Bonchev–Trinajstić information content (AvgIpc) is 3.32. The van der Waals surface area contributed by atoms with E-state index in [1.54, 1.807) is 62.0 Å². The van der Waals surface area contributed by atoms with Crippen molar-refractivity contribution in [3.8, 4) is 28.4 Å². The van der Waals surface area contributed by atoms with Crippen LogP contribution in [0.2, 0.25) is 0 Å². The monoisotopic (exact) mass is 528 g/mol. The van der Waals surface area contributed by atoms with E-state index < -0.39 is 16.0 Å². The molecule has 0 radical (unpaired) electrons. The molecule has 0 aliphatic heterocycles. The molecule has 3 aromatic carbocycles. The van der Waals surface area contributed by atoms with E-state index in [0.717, 1.165) is 11.1 Å². The number of methoxy groups -OCH3 is 1. The molecule has 0 unspecified atom stereocenters. The van der Waals surface area contributed by atoms with Crippen molar-refractivity contribution >= 4 is 26.9 Å². The molecule has 2 aromatic heterocycles. The largest absolute Gasteiger partial charge is 0.497 e. The standard InChI is InChI=1S/C29H24N2O6S/c1-36-23-6-8-24(9-7-23)37-25-10-12-26(13-11-25)38(34,35)31-19-22(5-15-29(32)33)27-17-20(4-14-28(27)31)21-3-2-16-30-18-21/h2-4,6-14,16-19H,5,15H2,1H3,(H,32,33). The maximum Gasteiger partial charge on any atom is 0.303 e. The van der Waals surface area contributed by atoms with E-state index in [4.69, 9.17) is 9.47 Å². The van der Waals surface area contributed by atoms with Crippen molar-refractivity contribution in [2.45, 2.75) is 17.7 Å². The van der Waals surface area contributed by atoms with Crippen LogP contribution in [-0.2, 0) is 21.2 Å². The van der Waals surface area contributed by atoms with Crippen molar-refractivity contribution < 1.29 is 27.8 Å². The van der Waals surface area contributed by atoms with E-state index >= 15 is 0 Å². The van der Waals surface area contributed by atoms with Gasteiger partial charge in [-0.05, 0) is 84.3 Å². The first-order valence-electron chi connectivity index (χ1n) is 11.8. The first-order valence-corrected chi connectivity index (χ1v) is 13.2. The molecule has 0 spiro atoms. The molecular weight excluding hydrogens is 504 g/mol. The number of aliphatic carboxylic acids is 1. The summed E-state index contributed by atoms with van der Waals surface area (Å²) in [5.74, 6) is 0.817. The molecule has 0 amide bonds. The van der Waals surface area contributed by atoms with Crippen LogP contribution < -0.4 is 9.47 Å². The summed E-state index contributed by atoms with van der Waals surface area (Å²) in [6.45, 7) is 0. The van der Waals surface area contributed by atoms with Gasteiger partial charge in [-0.25, -0.2) is 12.4 Å². The number of carbonyl (C=O) groups is 1. The summed E-state index contributed by atoms with van der Waals surface area (Å²) < 4.78 is 39.5. The molecule has 9 heteroatoms. The summed E-state index contributed by atoms with van der Waals surface area (Å²) in [5, 5.41) is 9.91. The Morgan fingerprint density at radius 1 is 0.921 bits per heavy atom. The normalized spacial score (nSPS) is 11.4. The fraction of sp³-hybridized carbons (Fsp3) is 0.103. The number of nitrogens with zero attached hydrogens (tertiary/aromatic N) is 2. The van der Waals surface area contributed by atoms with Crippen LogP contribution in [0.25, 0.3) is 22.0 Å². The minimum Gasteiger partial charge on any atom is -0.497 e. The smallest absolute Gasteiger partial charge is 0.303 e. The van der Waals surface area contributed by atoms with E-state index in [-0.39, 0.29) is 17.7 Å². The molecule has 5 aromatic rings. The Hall–Kier alpha value is -4.63. The van der Waals surface area contributed by atoms with Gasteiger partial charge in [-0.1, -0.05) is 12.1 Å². The van der Waals surface area contributed by atoms with Gasteiger partial charge in [0.15, 0.2) is 0 Å². The van der Waals surface area contributed by atoms with E-state index in [2.05, 4.69) is 4.98 Å². The van der Waals surface area contributed by atoms with E-state index in [9.17, 15) is 18.3 Å². The lowest BCUT2D eigenvalue weighted by Crippen LogP contribution is -2.11. The number of pyridine rings is 1. The molecule has 0 saturated heterocycles. The topological polar surface area (TPSA) is 108 Å². The molecule has 38 heavy (non-hydrogen) atoms. The Labute approximate surface area is 219 Å². The maximum atomic E-state index is 13.7. The number of hydrogen-bond donors (Lipinski definition) is 1. The number of carboxylic acids is 1. The van der Waals surface area contributed by atoms with Crippen molar-refractivity contribution in [1.82, 2.24) is 8.96 Å². The fourth-order valence-electron chi connectivity index (χ4n) is 4.19. The molecule has 8 nitrogen and oxygen atoms in total. The Morgan fingerprint density at radius 2 is 1.61 bits per heavy atom. The molecule has 0 saturated carbocycles. The SMILES string of the molecule is COc1ccc(Oc2ccc(S(=O)(=O)n3cc(CCC(=O)O)c4cc(-c5cccnc5)ccc43)cc2)cc1. The van der Waals surface area contributed by atoms with Gasteiger partial charge in [-0.2, -0.15) is 0 Å². The van der Waals surface area contributed by atoms with Crippen molar-refractivity contribution in [2.24, 2.45) is 0 Å². The van der Waals surface area contributed by atoms with Gasteiger partial charge < -0.3 is 14.6 Å². The number of benzene rings is 3. The third-order valence-corrected chi connectivity index (χ3v) is 7.82. The highest BCUT2D eigenvalue weighted by atomic mass is 32.2. The highest BCUT2D eigenvalue weighted by molar-refractivity contribution is 7.90. The highest BCUT2D eigenvalue weighted by Gasteiger charge is 2.22. The predicted octanol–water partition coefficient (Wildman–Crippen LogP) is 5.76. The number of hydrogen-bond acceptors (Lipinski definition) is 6. The third kappa shape index (κ3) is 5.09. The number of aromatic nitrogens is 2. The zero-order valence-corrected chi connectivity index (χ0v) is 21.3. The quantitative estimate of drug-likeness (QED) is 0.259. The van der Waals surface area contributed by atoms with Crippen LogP contribution in [0.15, 0.2) is 102 Å². The predicted molar refractivity (Wildman–Crippen MR) is 143 cm³/mol. The van der Waals surface area contributed by atoms with Crippen LogP contribution in [0.1, 0.15) is 12.0 Å². The molecule has 2 heterocycles. The van der Waals surface area contributed by atoms with Crippen LogP contribution in [0.4, 0.5) is 0 Å². The first-order chi connectivity index (χ1) is 18.3. The van der Waals surface area contributed by atoms with Gasteiger partial charge in [-0.15, -0.1) is 0 Å². The zero-order valence-electron chi connectivity index (χ0n) is 20.4. The highest BCUT2D eigenvalue weighted by Crippen LogP contribution is 2.32. The van der Waals surface area contributed by atoms with E-state index in [0.29, 0.717) is 33.7 Å². The van der Waals surface area contributed by atoms with Crippen LogP contribution in [0.5, 0.6) is 17.2 Å². The van der Waals surface area contributed by atoms with Crippen molar-refractivity contribution in [1.29, 1.82) is 0 Å². The van der Waals surface area contributed by atoms with Crippen LogP contribution >= 0.6 is 0 Å². The van der Waals surface area contributed by atoms with Gasteiger partial charge in [0, 0.05) is 36.0 Å². The van der Waals surface area contributed by atoms with Gasteiger partial charge >= 0.3 is 5.97 Å². The molecule has 0 bridgehead atoms. The molecule has 5 rings (SSSR count). The summed E-state index contributed by atoms with van der Waals surface area (Å²) in [6.07, 6.45) is 4.99. The maximum absolute atomic E-state index is 13.7. The number of carboxylic acid groups (broad SMARTS) is 1. The molecule has 192 valence electrons. The van der Waals surface area contributed by atoms with Crippen LogP contribution in [0.3, 0.4) is 0 Å². The Balaban J connectivity index is 1.50.